The Kier molecular flexibility index (Phi) is 6.51. The van der Waals surface area contributed by atoms with Gasteiger partial charge in [-0.05, 0) is 18.9 Å². The fraction of sp³-hybridized carbons (Fsp3) is 0.353. The molecule has 0 radical (unpaired) electrons. The molecule has 7 nitrogen and oxygen atoms in total. The predicted molar refractivity (Wildman–Crippen MR) is 91.2 cm³/mol. The van der Waals surface area contributed by atoms with Crippen molar-refractivity contribution in [3.8, 4) is 11.3 Å². The molecule has 1 aromatic heterocycles. The van der Waals surface area contributed by atoms with E-state index in [0.29, 0.717) is 25.5 Å². The summed E-state index contributed by atoms with van der Waals surface area (Å²) in [7, 11) is 0. The minimum Gasteiger partial charge on any atom is -0.480 e. The van der Waals surface area contributed by atoms with E-state index in [9.17, 15) is 9.59 Å². The van der Waals surface area contributed by atoms with Crippen molar-refractivity contribution in [1.29, 1.82) is 0 Å². The van der Waals surface area contributed by atoms with Crippen LogP contribution in [0.2, 0.25) is 0 Å². The highest BCUT2D eigenvalue weighted by Gasteiger charge is 2.14. The number of aliphatic carboxylic acids is 1. The first kappa shape index (κ1) is 17.7. The first-order valence-corrected chi connectivity index (χ1v) is 7.82. The van der Waals surface area contributed by atoms with Gasteiger partial charge in [0.15, 0.2) is 5.82 Å². The lowest BCUT2D eigenvalue weighted by molar-refractivity contribution is -0.137. The van der Waals surface area contributed by atoms with E-state index in [1.54, 1.807) is 0 Å². The monoisotopic (exact) mass is 331 g/mol. The maximum absolute atomic E-state index is 12.6. The van der Waals surface area contributed by atoms with Gasteiger partial charge in [0, 0.05) is 19.8 Å². The van der Waals surface area contributed by atoms with E-state index in [4.69, 9.17) is 9.84 Å². The summed E-state index contributed by atoms with van der Waals surface area (Å²) in [6, 6.07) is 9.12. The van der Waals surface area contributed by atoms with Gasteiger partial charge >= 0.3 is 5.97 Å². The molecular formula is C17H21N3O4. The molecule has 0 aliphatic heterocycles. The van der Waals surface area contributed by atoms with Gasteiger partial charge in [0.1, 0.15) is 6.54 Å². The van der Waals surface area contributed by atoms with Gasteiger partial charge in [0.05, 0.1) is 11.9 Å². The van der Waals surface area contributed by atoms with Gasteiger partial charge in [-0.1, -0.05) is 30.3 Å². The summed E-state index contributed by atoms with van der Waals surface area (Å²) < 4.78 is 6.45. The summed E-state index contributed by atoms with van der Waals surface area (Å²) in [6.45, 7) is 3.27. The molecule has 0 saturated carbocycles. The summed E-state index contributed by atoms with van der Waals surface area (Å²) in [5, 5.41) is 12.1. The molecule has 1 heterocycles. The fourth-order valence-corrected chi connectivity index (χ4v) is 2.27. The van der Waals surface area contributed by atoms with Gasteiger partial charge < -0.3 is 15.2 Å². The molecule has 0 saturated heterocycles. The summed E-state index contributed by atoms with van der Waals surface area (Å²) in [6.07, 6.45) is 2.25. The molecule has 0 aliphatic carbocycles. The number of carboxylic acid groups (broad SMARTS) is 1. The number of rotatable bonds is 9. The number of benzene rings is 1. The Morgan fingerprint density at radius 1 is 1.33 bits per heavy atom. The van der Waals surface area contributed by atoms with E-state index in [1.807, 2.05) is 37.3 Å². The number of nitrogens with zero attached hydrogens (tertiary/aromatic N) is 2. The van der Waals surface area contributed by atoms with Gasteiger partial charge in [0.25, 0.3) is 5.56 Å². The third kappa shape index (κ3) is 4.66. The minimum atomic E-state index is -1.08. The average Bonchev–Trinajstić information content (AvgIpc) is 2.58. The highest BCUT2D eigenvalue weighted by molar-refractivity contribution is 5.69. The number of anilines is 1. The molecule has 0 aliphatic rings. The van der Waals surface area contributed by atoms with Crippen molar-refractivity contribution >= 4 is 11.8 Å². The van der Waals surface area contributed by atoms with Crippen LogP contribution in [0, 0.1) is 0 Å². The number of carboxylic acids is 1. The molecule has 2 N–H and O–H groups in total. The third-order valence-corrected chi connectivity index (χ3v) is 3.38. The fourth-order valence-electron chi connectivity index (χ4n) is 2.27. The van der Waals surface area contributed by atoms with Gasteiger partial charge in [0.2, 0.25) is 0 Å². The molecule has 128 valence electrons. The topological polar surface area (TPSA) is 93.4 Å². The Bertz CT molecular complexity index is 728. The predicted octanol–water partition coefficient (Wildman–Crippen LogP) is 1.83. The Labute approximate surface area is 139 Å². The van der Waals surface area contributed by atoms with Crippen molar-refractivity contribution < 1.29 is 14.6 Å². The van der Waals surface area contributed by atoms with Gasteiger partial charge in [-0.3, -0.25) is 14.2 Å². The number of carbonyl (C=O) groups is 1. The molecule has 7 heteroatoms. The average molecular weight is 331 g/mol. The summed E-state index contributed by atoms with van der Waals surface area (Å²) in [4.78, 5) is 27.9. The van der Waals surface area contributed by atoms with Gasteiger partial charge in [-0.15, -0.1) is 0 Å². The van der Waals surface area contributed by atoms with Crippen molar-refractivity contribution in [3.05, 3.63) is 46.9 Å². The van der Waals surface area contributed by atoms with Crippen LogP contribution in [0.1, 0.15) is 13.3 Å². The van der Waals surface area contributed by atoms with E-state index in [0.717, 1.165) is 12.0 Å². The number of nitrogens with one attached hydrogen (secondary N) is 1. The zero-order valence-electron chi connectivity index (χ0n) is 13.6. The molecule has 0 spiro atoms. The SMILES string of the molecule is CCOCCCNc1ncc(-c2ccccc2)n(CC(=O)O)c1=O. The second kappa shape index (κ2) is 8.83. The van der Waals surface area contributed by atoms with Crippen molar-refractivity contribution in [2.75, 3.05) is 25.1 Å². The summed E-state index contributed by atoms with van der Waals surface area (Å²) in [5.74, 6) is -0.935. The number of hydrogen-bond acceptors (Lipinski definition) is 5. The van der Waals surface area contributed by atoms with Crippen molar-refractivity contribution in [3.63, 3.8) is 0 Å². The Morgan fingerprint density at radius 2 is 2.08 bits per heavy atom. The summed E-state index contributed by atoms with van der Waals surface area (Å²) in [5.41, 5.74) is 0.768. The van der Waals surface area contributed by atoms with Crippen LogP contribution in [0.15, 0.2) is 41.3 Å². The van der Waals surface area contributed by atoms with E-state index in [2.05, 4.69) is 10.3 Å². The van der Waals surface area contributed by atoms with E-state index in [-0.39, 0.29) is 5.82 Å². The molecule has 2 aromatic rings. The quantitative estimate of drug-likeness (QED) is 0.681. The molecule has 2 rings (SSSR count). The maximum Gasteiger partial charge on any atom is 0.323 e. The number of aromatic nitrogens is 2. The lowest BCUT2D eigenvalue weighted by Gasteiger charge is -2.13. The molecule has 0 unspecified atom stereocenters. The number of hydrogen-bond donors (Lipinski definition) is 2. The van der Waals surface area contributed by atoms with Crippen LogP contribution in [0.5, 0.6) is 0 Å². The molecule has 0 amide bonds. The maximum atomic E-state index is 12.6. The van der Waals surface area contributed by atoms with E-state index in [1.165, 1.54) is 10.8 Å². The molecule has 0 bridgehead atoms. The summed E-state index contributed by atoms with van der Waals surface area (Å²) >= 11 is 0. The minimum absolute atomic E-state index is 0.146. The smallest absolute Gasteiger partial charge is 0.323 e. The Morgan fingerprint density at radius 3 is 2.75 bits per heavy atom. The van der Waals surface area contributed by atoms with Crippen molar-refractivity contribution in [1.82, 2.24) is 9.55 Å². The van der Waals surface area contributed by atoms with Crippen LogP contribution in [0.3, 0.4) is 0 Å². The van der Waals surface area contributed by atoms with Crippen LogP contribution < -0.4 is 10.9 Å². The second-order valence-corrected chi connectivity index (χ2v) is 5.12. The highest BCUT2D eigenvalue weighted by Crippen LogP contribution is 2.17. The highest BCUT2D eigenvalue weighted by atomic mass is 16.5. The number of ether oxygens (including phenoxy) is 1. The van der Waals surface area contributed by atoms with Crippen LogP contribution >= 0.6 is 0 Å². The molecule has 0 atom stereocenters. The van der Waals surface area contributed by atoms with E-state index >= 15 is 0 Å². The lowest BCUT2D eigenvalue weighted by atomic mass is 10.1. The van der Waals surface area contributed by atoms with Crippen molar-refractivity contribution in [2.24, 2.45) is 0 Å². The van der Waals surface area contributed by atoms with E-state index < -0.39 is 18.1 Å². The molecule has 1 aromatic carbocycles. The normalized spacial score (nSPS) is 10.5. The standard InChI is InChI=1S/C17H21N3O4/c1-2-24-10-6-9-18-16-17(23)20(12-15(21)22)14(11-19-16)13-7-4-3-5-8-13/h3-5,7-8,11H,2,6,9-10,12H2,1H3,(H,18,19)(H,21,22). The van der Waals surface area contributed by atoms with Crippen LogP contribution in [-0.4, -0.2) is 40.4 Å². The molecular weight excluding hydrogens is 310 g/mol. The Hall–Kier alpha value is -2.67. The van der Waals surface area contributed by atoms with Crippen LogP contribution in [0.4, 0.5) is 5.82 Å². The first-order chi connectivity index (χ1) is 11.6. The molecule has 24 heavy (non-hydrogen) atoms. The van der Waals surface area contributed by atoms with Gasteiger partial charge in [-0.2, -0.15) is 0 Å². The largest absolute Gasteiger partial charge is 0.480 e. The zero-order valence-corrected chi connectivity index (χ0v) is 13.6. The Balaban J connectivity index is 2.26. The zero-order chi connectivity index (χ0) is 17.4. The van der Waals surface area contributed by atoms with Crippen LogP contribution in [-0.2, 0) is 16.1 Å². The molecule has 0 fully saturated rings. The van der Waals surface area contributed by atoms with Crippen LogP contribution in [0.25, 0.3) is 11.3 Å². The first-order valence-electron chi connectivity index (χ1n) is 7.82. The van der Waals surface area contributed by atoms with Gasteiger partial charge in [-0.25, -0.2) is 4.98 Å². The lowest BCUT2D eigenvalue weighted by Crippen LogP contribution is -2.29. The van der Waals surface area contributed by atoms with Crippen molar-refractivity contribution in [2.45, 2.75) is 19.9 Å². The third-order valence-electron chi connectivity index (χ3n) is 3.38. The second-order valence-electron chi connectivity index (χ2n) is 5.12.